The third kappa shape index (κ3) is 3.48. The lowest BCUT2D eigenvalue weighted by atomic mass is 9.50. The molecular weight excluding hydrogens is 577 g/mol. The molecule has 2 aliphatic heterocycles. The zero-order chi connectivity index (χ0) is 30.6. The van der Waals surface area contributed by atoms with Crippen LogP contribution in [0.3, 0.4) is 0 Å². The third-order valence-corrected chi connectivity index (χ3v) is 9.87. The normalized spacial score (nSPS) is 13.0. The quantitative estimate of drug-likeness (QED) is 0.185. The van der Waals surface area contributed by atoms with Crippen molar-refractivity contribution in [2.75, 3.05) is 0 Å². The molecule has 0 saturated heterocycles. The number of hydrogen-bond acceptors (Lipinski definition) is 3. The molecule has 0 amide bonds. The highest BCUT2D eigenvalue weighted by Crippen LogP contribution is 2.43. The Kier molecular flexibility index (Phi) is 4.89. The molecule has 218 valence electrons. The lowest BCUT2D eigenvalue weighted by Gasteiger charge is -2.33. The summed E-state index contributed by atoms with van der Waals surface area (Å²) in [5, 5.41) is 4.70. The van der Waals surface area contributed by atoms with Crippen LogP contribution in [-0.4, -0.2) is 11.5 Å². The van der Waals surface area contributed by atoms with Crippen LogP contribution in [0.5, 0.6) is 17.2 Å². The molecule has 7 aromatic carbocycles. The SMILES string of the molecule is c1ccc2c(c1)OB1c3cc(-n4c5ccccc5c5ccccc54)ccc3Oc3cc(-c4ccc5oc6ccccc6c5c4)cc-2c31. The summed E-state index contributed by atoms with van der Waals surface area (Å²) in [4.78, 5) is 0. The molecule has 4 nitrogen and oxygen atoms in total. The predicted molar refractivity (Wildman–Crippen MR) is 191 cm³/mol. The van der Waals surface area contributed by atoms with E-state index in [1.807, 2.05) is 18.2 Å². The van der Waals surface area contributed by atoms with Crippen LogP contribution in [0.25, 0.3) is 71.7 Å². The molecule has 5 heteroatoms. The second-order valence-electron chi connectivity index (χ2n) is 12.4. The second-order valence-corrected chi connectivity index (χ2v) is 12.4. The summed E-state index contributed by atoms with van der Waals surface area (Å²) < 4.78 is 22.1. The zero-order valence-corrected chi connectivity index (χ0v) is 25.1. The van der Waals surface area contributed by atoms with E-state index < -0.39 is 0 Å². The van der Waals surface area contributed by atoms with Crippen LogP contribution < -0.4 is 20.3 Å². The topological polar surface area (TPSA) is 36.5 Å². The average molecular weight is 601 g/mol. The molecular formula is C42H24BNO3. The predicted octanol–water partition coefficient (Wildman–Crippen LogP) is 9.62. The fourth-order valence-corrected chi connectivity index (χ4v) is 7.77. The summed E-state index contributed by atoms with van der Waals surface area (Å²) >= 11 is 0. The van der Waals surface area contributed by atoms with Gasteiger partial charge in [-0.2, -0.15) is 0 Å². The monoisotopic (exact) mass is 601 g/mol. The molecule has 0 N–H and O–H groups in total. The molecule has 2 aromatic heterocycles. The number of furan rings is 1. The van der Waals surface area contributed by atoms with Gasteiger partial charge in [0.15, 0.2) is 0 Å². The van der Waals surface area contributed by atoms with Gasteiger partial charge in [-0.15, -0.1) is 0 Å². The van der Waals surface area contributed by atoms with Gasteiger partial charge in [0, 0.05) is 43.7 Å². The first-order chi connectivity index (χ1) is 23.3. The van der Waals surface area contributed by atoms with Gasteiger partial charge in [-0.25, -0.2) is 0 Å². The molecule has 47 heavy (non-hydrogen) atoms. The number of ether oxygens (including phenoxy) is 1. The van der Waals surface area contributed by atoms with Gasteiger partial charge in [-0.05, 0) is 83.4 Å². The molecule has 0 aliphatic carbocycles. The van der Waals surface area contributed by atoms with Crippen molar-refractivity contribution in [2.45, 2.75) is 0 Å². The van der Waals surface area contributed by atoms with E-state index in [0.29, 0.717) is 0 Å². The van der Waals surface area contributed by atoms with Crippen molar-refractivity contribution in [3.05, 3.63) is 146 Å². The first-order valence-electron chi connectivity index (χ1n) is 15.9. The minimum absolute atomic E-state index is 0.305. The van der Waals surface area contributed by atoms with E-state index in [1.54, 1.807) is 0 Å². The minimum atomic E-state index is -0.305. The highest BCUT2D eigenvalue weighted by molar-refractivity contribution is 6.84. The highest BCUT2D eigenvalue weighted by atomic mass is 16.5. The van der Waals surface area contributed by atoms with Crippen LogP contribution in [0.2, 0.25) is 0 Å². The lowest BCUT2D eigenvalue weighted by Crippen LogP contribution is -2.53. The van der Waals surface area contributed by atoms with Crippen molar-refractivity contribution in [1.29, 1.82) is 0 Å². The van der Waals surface area contributed by atoms with Gasteiger partial charge in [0.05, 0.1) is 11.0 Å². The Morgan fingerprint density at radius 2 is 1.19 bits per heavy atom. The summed E-state index contributed by atoms with van der Waals surface area (Å²) in [6.07, 6.45) is 0. The lowest BCUT2D eigenvalue weighted by molar-refractivity contribution is 0.479. The first-order valence-corrected chi connectivity index (χ1v) is 15.9. The Balaban J connectivity index is 1.11. The number of aromatic nitrogens is 1. The van der Waals surface area contributed by atoms with Crippen molar-refractivity contribution in [3.63, 3.8) is 0 Å². The standard InChI is InChI=1S/C42H24BNO3/c1-5-13-35-28(9-1)29-10-2-6-14-36(29)44(35)27-18-20-40-34(24-27)43-42-33(31-12-4-8-16-39(31)47-43)22-26(23-41(42)46-40)25-17-19-38-32(21-25)30-11-3-7-15-37(30)45-38/h1-24H. The van der Waals surface area contributed by atoms with E-state index in [-0.39, 0.29) is 6.92 Å². The van der Waals surface area contributed by atoms with Crippen LogP contribution >= 0.6 is 0 Å². The molecule has 0 bridgehead atoms. The number of rotatable bonds is 2. The zero-order valence-electron chi connectivity index (χ0n) is 25.1. The minimum Gasteiger partial charge on any atom is -0.551 e. The van der Waals surface area contributed by atoms with Gasteiger partial charge >= 0.3 is 6.92 Å². The Labute approximate surface area is 270 Å². The molecule has 4 heterocycles. The number of hydrogen-bond donors (Lipinski definition) is 0. The Bertz CT molecular complexity index is 2720. The Morgan fingerprint density at radius 3 is 2.04 bits per heavy atom. The van der Waals surface area contributed by atoms with E-state index in [1.165, 1.54) is 21.8 Å². The van der Waals surface area contributed by atoms with Crippen molar-refractivity contribution in [3.8, 4) is 45.2 Å². The maximum Gasteiger partial charge on any atom is 0.434 e. The van der Waals surface area contributed by atoms with Crippen molar-refractivity contribution in [1.82, 2.24) is 4.57 Å². The molecule has 0 atom stereocenters. The number of para-hydroxylation sites is 4. The fraction of sp³-hybridized carbons (Fsp3) is 0. The van der Waals surface area contributed by atoms with E-state index in [0.717, 1.165) is 78.1 Å². The van der Waals surface area contributed by atoms with Crippen LogP contribution in [-0.2, 0) is 0 Å². The molecule has 2 aliphatic rings. The third-order valence-electron chi connectivity index (χ3n) is 9.87. The summed E-state index contributed by atoms with van der Waals surface area (Å²) in [5.74, 6) is 2.51. The molecule has 9 aromatic rings. The van der Waals surface area contributed by atoms with E-state index >= 15 is 0 Å². The van der Waals surface area contributed by atoms with Crippen LogP contribution in [0.1, 0.15) is 0 Å². The van der Waals surface area contributed by atoms with Crippen LogP contribution in [0, 0.1) is 0 Å². The molecule has 11 rings (SSSR count). The van der Waals surface area contributed by atoms with Crippen molar-refractivity contribution in [2.24, 2.45) is 0 Å². The number of fused-ring (bicyclic) bond motifs is 10. The molecule has 0 unspecified atom stereocenters. The average Bonchev–Trinajstić information content (AvgIpc) is 3.67. The molecule has 0 fully saturated rings. The van der Waals surface area contributed by atoms with E-state index in [9.17, 15) is 0 Å². The summed E-state index contributed by atoms with van der Waals surface area (Å²) in [7, 11) is 0. The van der Waals surface area contributed by atoms with E-state index in [2.05, 4.69) is 132 Å². The smallest absolute Gasteiger partial charge is 0.434 e. The molecule has 0 spiro atoms. The number of nitrogens with zero attached hydrogens (tertiary/aromatic N) is 1. The Hall–Kier alpha value is -6.20. The maximum absolute atomic E-state index is 6.85. The number of benzene rings is 7. The molecule has 0 radical (unpaired) electrons. The van der Waals surface area contributed by atoms with Crippen molar-refractivity contribution < 1.29 is 13.8 Å². The van der Waals surface area contributed by atoms with Gasteiger partial charge in [0.2, 0.25) is 0 Å². The highest BCUT2D eigenvalue weighted by Gasteiger charge is 2.41. The summed E-state index contributed by atoms with van der Waals surface area (Å²) in [6, 6.07) is 51.1. The first kappa shape index (κ1) is 25.0. The van der Waals surface area contributed by atoms with Gasteiger partial charge in [0.25, 0.3) is 0 Å². The van der Waals surface area contributed by atoms with E-state index in [4.69, 9.17) is 13.8 Å². The maximum atomic E-state index is 6.85. The molecule has 0 saturated carbocycles. The van der Waals surface area contributed by atoms with Gasteiger partial charge in [0.1, 0.15) is 28.4 Å². The van der Waals surface area contributed by atoms with Gasteiger partial charge in [-0.1, -0.05) is 78.9 Å². The van der Waals surface area contributed by atoms with Gasteiger partial charge < -0.3 is 18.4 Å². The Morgan fingerprint density at radius 1 is 0.468 bits per heavy atom. The fourth-order valence-electron chi connectivity index (χ4n) is 7.77. The van der Waals surface area contributed by atoms with Crippen LogP contribution in [0.4, 0.5) is 0 Å². The van der Waals surface area contributed by atoms with Crippen molar-refractivity contribution >= 4 is 61.6 Å². The summed E-state index contributed by atoms with van der Waals surface area (Å²) in [5.41, 5.74) is 11.7. The second kappa shape index (κ2) is 9.18. The van der Waals surface area contributed by atoms with Crippen LogP contribution in [0.15, 0.2) is 150 Å². The summed E-state index contributed by atoms with van der Waals surface area (Å²) in [6.45, 7) is -0.305. The van der Waals surface area contributed by atoms with Gasteiger partial charge in [-0.3, -0.25) is 0 Å². The largest absolute Gasteiger partial charge is 0.551 e.